The van der Waals surface area contributed by atoms with Crippen molar-refractivity contribution < 1.29 is 4.39 Å². The molecule has 1 aliphatic carbocycles. The van der Waals surface area contributed by atoms with E-state index in [1.807, 2.05) is 18.0 Å². The number of hydrogen-bond acceptors (Lipinski definition) is 2. The second kappa shape index (κ2) is 4.42. The van der Waals surface area contributed by atoms with Gasteiger partial charge in [-0.25, -0.2) is 4.39 Å². The predicted molar refractivity (Wildman–Crippen MR) is 64.9 cm³/mol. The molecule has 0 heterocycles. The molecule has 1 aromatic rings. The first-order valence-corrected chi connectivity index (χ1v) is 6.05. The summed E-state index contributed by atoms with van der Waals surface area (Å²) in [4.78, 5) is 1.96. The van der Waals surface area contributed by atoms with E-state index >= 15 is 0 Å². The van der Waals surface area contributed by atoms with Crippen molar-refractivity contribution in [3.8, 4) is 6.07 Å². The average molecular weight is 283 g/mol. The zero-order valence-electron chi connectivity index (χ0n) is 9.00. The third-order valence-corrected chi connectivity index (χ3v) is 3.96. The molecule has 0 radical (unpaired) electrons. The minimum absolute atomic E-state index is 0.263. The Labute approximate surface area is 103 Å². The first-order chi connectivity index (χ1) is 7.65. The molecular weight excluding hydrogens is 271 g/mol. The van der Waals surface area contributed by atoms with Crippen LogP contribution < -0.4 is 4.90 Å². The molecule has 2 nitrogen and oxygen atoms in total. The van der Waals surface area contributed by atoms with Crippen LogP contribution in [0.5, 0.6) is 0 Å². The van der Waals surface area contributed by atoms with Crippen LogP contribution in [0.15, 0.2) is 16.6 Å². The van der Waals surface area contributed by atoms with Gasteiger partial charge in [-0.05, 0) is 47.3 Å². The van der Waals surface area contributed by atoms with E-state index in [9.17, 15) is 4.39 Å². The fourth-order valence-corrected chi connectivity index (χ4v) is 2.29. The maximum absolute atomic E-state index is 14.0. The van der Waals surface area contributed by atoms with E-state index in [-0.39, 0.29) is 10.3 Å². The highest BCUT2D eigenvalue weighted by Gasteiger charge is 2.25. The Morgan fingerprint density at radius 1 is 1.50 bits per heavy atom. The quantitative estimate of drug-likeness (QED) is 0.831. The van der Waals surface area contributed by atoms with Crippen molar-refractivity contribution in [2.24, 2.45) is 0 Å². The maximum Gasteiger partial charge on any atom is 0.161 e. The van der Waals surface area contributed by atoms with Gasteiger partial charge in [0, 0.05) is 13.1 Å². The average Bonchev–Trinajstić information content (AvgIpc) is 2.19. The van der Waals surface area contributed by atoms with Gasteiger partial charge in [0.05, 0.1) is 15.7 Å². The molecule has 0 N–H and O–H groups in total. The molecule has 4 heteroatoms. The van der Waals surface area contributed by atoms with Gasteiger partial charge in [-0.15, -0.1) is 0 Å². The van der Waals surface area contributed by atoms with Crippen LogP contribution in [0.1, 0.15) is 24.8 Å². The summed E-state index contributed by atoms with van der Waals surface area (Å²) in [5.74, 6) is -0.339. The number of rotatable bonds is 2. The van der Waals surface area contributed by atoms with Crippen LogP contribution in [0, 0.1) is 17.1 Å². The normalized spacial score (nSPS) is 15.4. The molecule has 16 heavy (non-hydrogen) atoms. The van der Waals surface area contributed by atoms with Gasteiger partial charge in [-0.2, -0.15) is 5.26 Å². The number of hydrogen-bond donors (Lipinski definition) is 0. The molecule has 1 aliphatic rings. The fourth-order valence-electron chi connectivity index (χ4n) is 1.87. The smallest absolute Gasteiger partial charge is 0.161 e. The van der Waals surface area contributed by atoms with Gasteiger partial charge < -0.3 is 4.90 Å². The van der Waals surface area contributed by atoms with Crippen LogP contribution in [0.4, 0.5) is 10.1 Å². The molecule has 0 spiro atoms. The van der Waals surface area contributed by atoms with Crippen LogP contribution in [0.3, 0.4) is 0 Å². The van der Waals surface area contributed by atoms with Crippen molar-refractivity contribution in [1.29, 1.82) is 5.26 Å². The highest BCUT2D eigenvalue weighted by Crippen LogP contribution is 2.33. The Hall–Kier alpha value is -1.08. The molecule has 0 unspecified atom stereocenters. The largest absolute Gasteiger partial charge is 0.369 e. The van der Waals surface area contributed by atoms with E-state index in [1.165, 1.54) is 6.42 Å². The lowest BCUT2D eigenvalue weighted by Gasteiger charge is -2.36. The minimum atomic E-state index is -0.339. The molecule has 1 saturated carbocycles. The maximum atomic E-state index is 14.0. The molecule has 1 aromatic carbocycles. The van der Waals surface area contributed by atoms with Gasteiger partial charge >= 0.3 is 0 Å². The van der Waals surface area contributed by atoms with Gasteiger partial charge in [0.2, 0.25) is 0 Å². The fraction of sp³-hybridized carbons (Fsp3) is 0.417. The molecular formula is C12H12BrFN2. The second-order valence-electron chi connectivity index (χ2n) is 4.07. The van der Waals surface area contributed by atoms with Crippen LogP contribution >= 0.6 is 15.9 Å². The van der Waals surface area contributed by atoms with Crippen molar-refractivity contribution >= 4 is 21.6 Å². The van der Waals surface area contributed by atoms with Crippen LogP contribution in [0.2, 0.25) is 0 Å². The summed E-state index contributed by atoms with van der Waals surface area (Å²) >= 11 is 3.12. The highest BCUT2D eigenvalue weighted by atomic mass is 79.9. The third kappa shape index (κ3) is 1.80. The Kier molecular flexibility index (Phi) is 3.15. The van der Waals surface area contributed by atoms with Gasteiger partial charge in [0.1, 0.15) is 6.07 Å². The summed E-state index contributed by atoms with van der Waals surface area (Å²) < 4.78 is 14.2. The van der Waals surface area contributed by atoms with E-state index in [0.717, 1.165) is 12.8 Å². The lowest BCUT2D eigenvalue weighted by Crippen LogP contribution is -2.37. The predicted octanol–water partition coefficient (Wildman–Crippen LogP) is 3.45. The van der Waals surface area contributed by atoms with Crippen LogP contribution in [-0.4, -0.2) is 13.1 Å². The van der Waals surface area contributed by atoms with Crippen molar-refractivity contribution in [2.75, 3.05) is 11.9 Å². The lowest BCUT2D eigenvalue weighted by atomic mass is 9.91. The van der Waals surface area contributed by atoms with E-state index < -0.39 is 0 Å². The molecule has 2 rings (SSSR count). The van der Waals surface area contributed by atoms with Crippen LogP contribution in [-0.2, 0) is 0 Å². The van der Waals surface area contributed by atoms with Gasteiger partial charge in [-0.1, -0.05) is 0 Å². The molecule has 0 amide bonds. The zero-order chi connectivity index (χ0) is 11.7. The molecule has 0 aliphatic heterocycles. The number of benzene rings is 1. The Morgan fingerprint density at radius 2 is 2.19 bits per heavy atom. The van der Waals surface area contributed by atoms with Crippen molar-refractivity contribution in [1.82, 2.24) is 0 Å². The topological polar surface area (TPSA) is 27.0 Å². The first kappa shape index (κ1) is 11.4. The Balaban J connectivity index is 2.35. The Morgan fingerprint density at radius 3 is 2.69 bits per heavy atom. The van der Waals surface area contributed by atoms with E-state index in [2.05, 4.69) is 15.9 Å². The highest BCUT2D eigenvalue weighted by molar-refractivity contribution is 9.10. The van der Waals surface area contributed by atoms with E-state index in [4.69, 9.17) is 5.26 Å². The second-order valence-corrected chi connectivity index (χ2v) is 4.86. The summed E-state index contributed by atoms with van der Waals surface area (Å²) in [6.45, 7) is 0. The minimum Gasteiger partial charge on any atom is -0.369 e. The summed E-state index contributed by atoms with van der Waals surface area (Å²) in [6, 6.07) is 5.72. The van der Waals surface area contributed by atoms with Gasteiger partial charge in [0.15, 0.2) is 5.82 Å². The zero-order valence-corrected chi connectivity index (χ0v) is 10.6. The van der Waals surface area contributed by atoms with E-state index in [0.29, 0.717) is 17.3 Å². The Bertz CT molecular complexity index is 449. The molecule has 0 atom stereocenters. The van der Waals surface area contributed by atoms with Gasteiger partial charge in [0.25, 0.3) is 0 Å². The molecule has 0 bridgehead atoms. The standard InChI is InChI=1S/C12H12BrFN2/c1-16(9-3-2-4-9)10-6-5-8(7-15)11(13)12(10)14/h5-6,9H,2-4H2,1H3. The van der Waals surface area contributed by atoms with Crippen LogP contribution in [0.25, 0.3) is 0 Å². The molecule has 1 fully saturated rings. The SMILES string of the molecule is CN(c1ccc(C#N)c(Br)c1F)C1CCC1. The number of anilines is 1. The number of nitriles is 1. The summed E-state index contributed by atoms with van der Waals surface area (Å²) in [6.07, 6.45) is 3.45. The van der Waals surface area contributed by atoms with Crippen molar-refractivity contribution in [3.63, 3.8) is 0 Å². The molecule has 0 saturated heterocycles. The summed E-state index contributed by atoms with van der Waals surface area (Å²) in [5, 5.41) is 8.78. The summed E-state index contributed by atoms with van der Waals surface area (Å²) in [7, 11) is 1.90. The third-order valence-electron chi connectivity index (χ3n) is 3.18. The van der Waals surface area contributed by atoms with Crippen molar-refractivity contribution in [2.45, 2.75) is 25.3 Å². The van der Waals surface area contributed by atoms with Gasteiger partial charge in [-0.3, -0.25) is 0 Å². The molecule has 84 valence electrons. The van der Waals surface area contributed by atoms with E-state index in [1.54, 1.807) is 12.1 Å². The molecule has 0 aromatic heterocycles. The number of halogens is 2. The monoisotopic (exact) mass is 282 g/mol. The number of nitrogens with zero attached hydrogens (tertiary/aromatic N) is 2. The van der Waals surface area contributed by atoms with Crippen molar-refractivity contribution in [3.05, 3.63) is 28.0 Å². The summed E-state index contributed by atoms with van der Waals surface area (Å²) in [5.41, 5.74) is 0.902. The first-order valence-electron chi connectivity index (χ1n) is 5.26. The lowest BCUT2D eigenvalue weighted by molar-refractivity contribution is 0.397.